The number of likely N-dealkylation sites (N-methyl/N-ethyl adjacent to an activating group) is 1. The summed E-state index contributed by atoms with van der Waals surface area (Å²) < 4.78 is 28.5. The Morgan fingerprint density at radius 2 is 1.55 bits per heavy atom. The Labute approximate surface area is 391 Å². The van der Waals surface area contributed by atoms with Crippen LogP contribution in [0.15, 0.2) is 124 Å². The fraction of sp³-hybridized carbons (Fsp3) is 0.383. The molecular weight excluding hydrogens is 875 g/mol. The number of carbonyl (C=O) groups is 4. The molecule has 5 N–H and O–H groups in total. The first kappa shape index (κ1) is 55.4. The molecule has 14 nitrogen and oxygen atoms in total. The molecule has 348 valence electrons. The van der Waals surface area contributed by atoms with Gasteiger partial charge in [-0.15, -0.1) is 5.06 Å². The van der Waals surface area contributed by atoms with Crippen molar-refractivity contribution in [3.8, 4) is 0 Å². The Morgan fingerprint density at radius 3 is 2.17 bits per heavy atom. The molecule has 0 fully saturated rings. The number of fused-ring (bicyclic) bond motifs is 1. The molecule has 1 unspecified atom stereocenters. The van der Waals surface area contributed by atoms with Crippen LogP contribution >= 0.6 is 36.1 Å². The first-order valence-corrected chi connectivity index (χ1v) is 23.7. The van der Waals surface area contributed by atoms with Gasteiger partial charge in [-0.1, -0.05) is 84.1 Å². The van der Waals surface area contributed by atoms with Gasteiger partial charge in [0.15, 0.2) is 0 Å². The summed E-state index contributed by atoms with van der Waals surface area (Å²) in [5.41, 5.74) is 4.94. The van der Waals surface area contributed by atoms with E-state index in [-0.39, 0.29) is 29.4 Å². The molecule has 2 heterocycles. The van der Waals surface area contributed by atoms with Crippen LogP contribution in [0.25, 0.3) is 0 Å². The van der Waals surface area contributed by atoms with Crippen molar-refractivity contribution in [1.82, 2.24) is 10.1 Å². The van der Waals surface area contributed by atoms with E-state index >= 15 is 0 Å². The topological polar surface area (TPSA) is 186 Å². The van der Waals surface area contributed by atoms with Crippen LogP contribution in [0.4, 0.5) is 5.69 Å². The van der Waals surface area contributed by atoms with Crippen molar-refractivity contribution in [2.75, 3.05) is 50.2 Å². The Balaban J connectivity index is 0.00000342. The summed E-state index contributed by atoms with van der Waals surface area (Å²) >= 11 is 2.24. The van der Waals surface area contributed by atoms with Gasteiger partial charge in [0.05, 0.1) is 36.8 Å². The number of amides is 3. The molecule has 0 radical (unpaired) electrons. The van der Waals surface area contributed by atoms with Crippen LogP contribution in [-0.4, -0.2) is 99.5 Å². The standard InChI is InChI=1S/C43H51N5O9S3.2C2H6/c1-42(2)34(25-32(40(51)46(4)56-5)27-44-21-11-23-58-53)28-45-38(42)13-9-7-6-8-10-14-39-43(3,33-17-15-31(16-18-33)41(52)57-47(29-49)30-50)36-26-35(60-55)19-20-37(36)48(39)22-12-24-59-54;2*1-2/h6-10,13-20,25-27,29-30,44,53-55H,11-12,21-24,28H2,1-5H3;2*1-2H3/p+1/b7-6+,10-8+,13-9+,32-27+,34-25+,39-14+;;. The van der Waals surface area contributed by atoms with Gasteiger partial charge in [-0.2, -0.15) is 0 Å². The maximum absolute atomic E-state index is 13.1. The van der Waals surface area contributed by atoms with E-state index in [0.717, 1.165) is 70.8 Å². The number of carbonyl (C=O) groups excluding carboxylic acids is 4. The molecule has 4 rings (SSSR count). The second-order valence-electron chi connectivity index (χ2n) is 14.3. The molecule has 17 heteroatoms. The lowest BCUT2D eigenvalue weighted by Crippen LogP contribution is -2.78. The van der Waals surface area contributed by atoms with Gasteiger partial charge in [-0.25, -0.2) is 9.86 Å². The van der Waals surface area contributed by atoms with Crippen LogP contribution in [-0.2, 0) is 29.5 Å². The number of quaternary nitrogens is 1. The fourth-order valence-corrected chi connectivity index (χ4v) is 7.66. The van der Waals surface area contributed by atoms with Crippen molar-refractivity contribution in [2.45, 2.75) is 71.6 Å². The van der Waals surface area contributed by atoms with E-state index in [4.69, 9.17) is 19.2 Å². The zero-order chi connectivity index (χ0) is 47.7. The predicted molar refractivity (Wildman–Crippen MR) is 261 cm³/mol. The van der Waals surface area contributed by atoms with E-state index in [1.165, 1.54) is 12.2 Å². The minimum absolute atomic E-state index is 0.0962. The quantitative estimate of drug-likeness (QED) is 0.0220. The Kier molecular flexibility index (Phi) is 25.1. The number of anilines is 1. The molecule has 1 atom stereocenters. The largest absolute Gasteiger partial charge is 0.363 e. The minimum atomic E-state index is -0.871. The summed E-state index contributed by atoms with van der Waals surface area (Å²) in [5, 5.41) is 3.37. The molecule has 2 aromatic rings. The molecule has 0 saturated heterocycles. The molecule has 0 bridgehead atoms. The highest BCUT2D eigenvalue weighted by Crippen LogP contribution is 2.52. The van der Waals surface area contributed by atoms with Gasteiger partial charge in [0.2, 0.25) is 0 Å². The van der Waals surface area contributed by atoms with Gasteiger partial charge in [-0.05, 0) is 103 Å². The number of hydroxylamine groups is 4. The van der Waals surface area contributed by atoms with Crippen molar-refractivity contribution in [3.63, 3.8) is 0 Å². The average molecular weight is 939 g/mol. The third kappa shape index (κ3) is 14.7. The first-order chi connectivity index (χ1) is 30.9. The molecule has 0 aromatic heterocycles. The average Bonchev–Trinajstić information content (AvgIpc) is 3.74. The van der Waals surface area contributed by atoms with Crippen molar-refractivity contribution >= 4 is 72.2 Å². The van der Waals surface area contributed by atoms with Crippen molar-refractivity contribution in [3.05, 3.63) is 131 Å². The number of nitrogens with zero attached hydrogens (tertiary/aromatic N) is 4. The molecular formula is C47H64N5O9S3+. The molecule has 2 aliphatic rings. The number of rotatable bonds is 22. The summed E-state index contributed by atoms with van der Waals surface area (Å²) in [5.74, 6) is 0.00392. The molecule has 3 amide bonds. The molecule has 2 aromatic carbocycles. The van der Waals surface area contributed by atoms with E-state index in [9.17, 15) is 28.3 Å². The van der Waals surface area contributed by atoms with Gasteiger partial charge in [0, 0.05) is 71.0 Å². The second kappa shape index (κ2) is 28.9. The molecule has 64 heavy (non-hydrogen) atoms. The summed E-state index contributed by atoms with van der Waals surface area (Å²) in [7, 11) is 3.01. The lowest BCUT2D eigenvalue weighted by atomic mass is 9.75. The van der Waals surface area contributed by atoms with Crippen LogP contribution in [0, 0.1) is 5.41 Å². The van der Waals surface area contributed by atoms with E-state index in [2.05, 4.69) is 25.7 Å². The van der Waals surface area contributed by atoms with Crippen LogP contribution < -0.4 is 10.2 Å². The van der Waals surface area contributed by atoms with Gasteiger partial charge >= 0.3 is 5.97 Å². The summed E-state index contributed by atoms with van der Waals surface area (Å²) in [6.07, 6.45) is 18.9. The number of nitrogens with two attached hydrogens (primary N) is 1. The van der Waals surface area contributed by atoms with Crippen LogP contribution in [0.1, 0.15) is 82.8 Å². The van der Waals surface area contributed by atoms with Crippen molar-refractivity contribution in [2.24, 2.45) is 10.4 Å². The molecule has 0 aliphatic carbocycles. The van der Waals surface area contributed by atoms with E-state index in [0.29, 0.717) is 53.5 Å². The summed E-state index contributed by atoms with van der Waals surface area (Å²) in [6, 6.07) is 12.5. The SMILES string of the molecule is CC.CC.CON(C)C(=O)C(/C=C1\CN=C(/C=C/C=C/C=C/C=C2/N(CCCSO)c3ccc(SO)cc3C2(C)c2ccc(C(=O)ON(C=O)C=O)cc2)C1(C)C)=C/[NH2+]CCCSO. The molecule has 2 aliphatic heterocycles. The van der Waals surface area contributed by atoms with Crippen molar-refractivity contribution in [1.29, 1.82) is 0 Å². The zero-order valence-corrected chi connectivity index (χ0v) is 40.7. The number of hydrogen-bond donors (Lipinski definition) is 4. The highest BCUT2D eigenvalue weighted by atomic mass is 32.2. The van der Waals surface area contributed by atoms with Crippen LogP contribution in [0.3, 0.4) is 0 Å². The smallest absolute Gasteiger partial charge is 0.344 e. The van der Waals surface area contributed by atoms with Crippen LogP contribution in [0.2, 0.25) is 0 Å². The number of aliphatic imine (C=N–C) groups is 1. The zero-order valence-electron chi connectivity index (χ0n) is 38.2. The van der Waals surface area contributed by atoms with Gasteiger partial charge in [0.1, 0.15) is 6.20 Å². The third-order valence-corrected chi connectivity index (χ3v) is 11.7. The normalized spacial score (nSPS) is 17.8. The summed E-state index contributed by atoms with van der Waals surface area (Å²) in [4.78, 5) is 65.4. The monoisotopic (exact) mass is 938 g/mol. The number of allylic oxidation sites excluding steroid dienone is 8. The van der Waals surface area contributed by atoms with Gasteiger partial charge in [0.25, 0.3) is 18.7 Å². The fourth-order valence-electron chi connectivity index (χ4n) is 6.80. The second-order valence-corrected chi connectivity index (χ2v) is 16.2. The highest BCUT2D eigenvalue weighted by Gasteiger charge is 2.45. The third-order valence-electron chi connectivity index (χ3n) is 10.3. The lowest BCUT2D eigenvalue weighted by Gasteiger charge is -2.31. The number of hydrogen-bond acceptors (Lipinski definition) is 14. The predicted octanol–water partition coefficient (Wildman–Crippen LogP) is 8.74. The lowest BCUT2D eigenvalue weighted by molar-refractivity contribution is -0.588. The number of benzene rings is 2. The van der Waals surface area contributed by atoms with Crippen molar-refractivity contribution < 1.29 is 47.8 Å². The first-order valence-electron chi connectivity index (χ1n) is 21.0. The van der Waals surface area contributed by atoms with E-state index in [1.54, 1.807) is 37.5 Å². The maximum Gasteiger partial charge on any atom is 0.363 e. The number of imide groups is 1. The minimum Gasteiger partial charge on any atom is -0.344 e. The highest BCUT2D eigenvalue weighted by molar-refractivity contribution is 7.94. The Morgan fingerprint density at radius 1 is 0.906 bits per heavy atom. The van der Waals surface area contributed by atoms with Gasteiger partial charge < -0.3 is 28.7 Å². The van der Waals surface area contributed by atoms with Crippen LogP contribution in [0.5, 0.6) is 0 Å². The van der Waals surface area contributed by atoms with E-state index < -0.39 is 16.8 Å². The molecule has 0 saturated carbocycles. The Bertz CT molecular complexity index is 2060. The Hall–Kier alpha value is -4.72. The summed E-state index contributed by atoms with van der Waals surface area (Å²) in [6.45, 7) is 16.0. The van der Waals surface area contributed by atoms with Gasteiger partial charge in [-0.3, -0.25) is 24.2 Å². The molecule has 0 spiro atoms. The van der Waals surface area contributed by atoms with E-state index in [1.807, 2.05) is 99.8 Å². The maximum atomic E-state index is 13.1.